The minimum absolute atomic E-state index is 0.242. The van der Waals surface area contributed by atoms with Gasteiger partial charge in [0, 0.05) is 13.6 Å². The molecule has 0 unspecified atom stereocenters. The third kappa shape index (κ3) is 5.23. The number of carbonyl (C=O) groups is 1. The molecule has 0 atom stereocenters. The van der Waals surface area contributed by atoms with Crippen LogP contribution in [0.3, 0.4) is 0 Å². The molecule has 0 bridgehead atoms. The summed E-state index contributed by atoms with van der Waals surface area (Å²) in [7, 11) is -0.324. The smallest absolute Gasteiger partial charge is 0.243 e. The van der Waals surface area contributed by atoms with E-state index in [1.165, 1.54) is 4.90 Å². The van der Waals surface area contributed by atoms with Crippen molar-refractivity contribution in [1.82, 2.24) is 4.90 Å². The Balaban J connectivity index is 2.11. The number of ether oxygens (including phenoxy) is 1. The molecule has 0 saturated carbocycles. The zero-order chi connectivity index (χ0) is 19.3. The second kappa shape index (κ2) is 8.23. The van der Waals surface area contributed by atoms with Crippen molar-refractivity contribution in [3.05, 3.63) is 59.7 Å². The van der Waals surface area contributed by atoms with Gasteiger partial charge in [-0.2, -0.15) is 0 Å². The Morgan fingerprint density at radius 3 is 2.12 bits per heavy atom. The van der Waals surface area contributed by atoms with Gasteiger partial charge in [0.05, 0.1) is 19.1 Å². The Labute approximate surface area is 155 Å². The number of amides is 1. The molecular weight excluding hydrogens is 352 g/mol. The van der Waals surface area contributed by atoms with Gasteiger partial charge >= 0.3 is 0 Å². The van der Waals surface area contributed by atoms with E-state index in [1.807, 2.05) is 43.3 Å². The lowest BCUT2D eigenvalue weighted by Gasteiger charge is -2.25. The van der Waals surface area contributed by atoms with E-state index in [4.69, 9.17) is 4.74 Å². The maximum absolute atomic E-state index is 12.6. The molecule has 0 fully saturated rings. The van der Waals surface area contributed by atoms with Crippen LogP contribution in [0.25, 0.3) is 0 Å². The normalized spacial score (nSPS) is 11.1. The number of likely N-dealkylation sites (N-methyl/N-ethyl adjacent to an activating group) is 1. The Hall–Kier alpha value is -2.54. The van der Waals surface area contributed by atoms with E-state index in [1.54, 1.807) is 26.3 Å². The van der Waals surface area contributed by atoms with Gasteiger partial charge in [-0.05, 0) is 36.8 Å². The van der Waals surface area contributed by atoms with Crippen molar-refractivity contribution in [2.75, 3.05) is 31.3 Å². The number of methoxy groups -OCH3 is 1. The number of benzene rings is 2. The van der Waals surface area contributed by atoms with Crippen LogP contribution in [0.4, 0.5) is 5.69 Å². The quantitative estimate of drug-likeness (QED) is 0.744. The molecule has 1 amide bonds. The molecule has 2 rings (SSSR count). The summed E-state index contributed by atoms with van der Waals surface area (Å²) in [5.41, 5.74) is 2.43. The number of hydrogen-bond donors (Lipinski definition) is 0. The number of aryl methyl sites for hydroxylation is 1. The molecule has 6 nitrogen and oxygen atoms in total. The lowest BCUT2D eigenvalue weighted by molar-refractivity contribution is -0.128. The van der Waals surface area contributed by atoms with Gasteiger partial charge in [0.25, 0.3) is 0 Å². The van der Waals surface area contributed by atoms with E-state index >= 15 is 0 Å². The van der Waals surface area contributed by atoms with Crippen LogP contribution in [0.2, 0.25) is 0 Å². The summed E-state index contributed by atoms with van der Waals surface area (Å²) in [6.45, 7) is 2.06. The van der Waals surface area contributed by atoms with Crippen LogP contribution < -0.4 is 9.04 Å². The van der Waals surface area contributed by atoms with Crippen LogP contribution in [-0.2, 0) is 21.4 Å². The summed E-state index contributed by atoms with van der Waals surface area (Å²) >= 11 is 0. The van der Waals surface area contributed by atoms with Gasteiger partial charge in [0.15, 0.2) is 0 Å². The maximum atomic E-state index is 12.6. The van der Waals surface area contributed by atoms with Crippen LogP contribution in [0.1, 0.15) is 11.1 Å². The largest absolute Gasteiger partial charge is 0.497 e. The first-order valence-corrected chi connectivity index (χ1v) is 9.97. The second-order valence-electron chi connectivity index (χ2n) is 6.20. The predicted octanol–water partition coefficient (Wildman–Crippen LogP) is 2.43. The lowest BCUT2D eigenvalue weighted by atomic mass is 10.2. The molecular formula is C19H24N2O4S. The fraction of sp³-hybridized carbons (Fsp3) is 0.316. The highest BCUT2D eigenvalue weighted by molar-refractivity contribution is 7.92. The molecule has 0 saturated heterocycles. The summed E-state index contributed by atoms with van der Waals surface area (Å²) in [6, 6.07) is 14.4. The lowest BCUT2D eigenvalue weighted by Crippen LogP contribution is -2.41. The first kappa shape index (κ1) is 19.8. The van der Waals surface area contributed by atoms with Gasteiger partial charge in [0.1, 0.15) is 12.3 Å². The average Bonchev–Trinajstić information content (AvgIpc) is 2.60. The zero-order valence-electron chi connectivity index (χ0n) is 15.5. The van der Waals surface area contributed by atoms with E-state index in [2.05, 4.69) is 0 Å². The van der Waals surface area contributed by atoms with E-state index in [9.17, 15) is 13.2 Å². The molecule has 0 heterocycles. The third-order valence-corrected chi connectivity index (χ3v) is 5.15. The summed E-state index contributed by atoms with van der Waals surface area (Å²) in [4.78, 5) is 14.1. The van der Waals surface area contributed by atoms with Gasteiger partial charge in [0.2, 0.25) is 15.9 Å². The molecule has 7 heteroatoms. The zero-order valence-corrected chi connectivity index (χ0v) is 16.3. The van der Waals surface area contributed by atoms with Crippen LogP contribution in [0.15, 0.2) is 48.5 Å². The number of hydrogen-bond acceptors (Lipinski definition) is 4. The first-order valence-electron chi connectivity index (χ1n) is 8.12. The van der Waals surface area contributed by atoms with Crippen molar-refractivity contribution in [3.63, 3.8) is 0 Å². The van der Waals surface area contributed by atoms with Gasteiger partial charge < -0.3 is 9.64 Å². The molecule has 0 aliphatic heterocycles. The SMILES string of the molecule is COc1ccc(CN(C)C(=O)CN(c2ccc(C)cc2)S(C)(=O)=O)cc1. The van der Waals surface area contributed by atoms with Gasteiger partial charge in [-0.25, -0.2) is 8.42 Å². The average molecular weight is 376 g/mol. The van der Waals surface area contributed by atoms with Crippen molar-refractivity contribution in [1.29, 1.82) is 0 Å². The summed E-state index contributed by atoms with van der Waals surface area (Å²) < 4.78 is 30.5. The van der Waals surface area contributed by atoms with E-state index in [0.717, 1.165) is 27.4 Å². The van der Waals surface area contributed by atoms with Crippen molar-refractivity contribution in [2.24, 2.45) is 0 Å². The Bertz CT molecular complexity index is 846. The molecule has 2 aromatic rings. The van der Waals surface area contributed by atoms with Crippen molar-refractivity contribution in [3.8, 4) is 5.75 Å². The highest BCUT2D eigenvalue weighted by Gasteiger charge is 2.22. The van der Waals surface area contributed by atoms with E-state index < -0.39 is 10.0 Å². The maximum Gasteiger partial charge on any atom is 0.243 e. The predicted molar refractivity (Wildman–Crippen MR) is 103 cm³/mol. The molecule has 0 aliphatic rings. The van der Waals surface area contributed by atoms with E-state index in [0.29, 0.717) is 12.2 Å². The molecule has 26 heavy (non-hydrogen) atoms. The summed E-state index contributed by atoms with van der Waals surface area (Å²) in [5.74, 6) is 0.456. The molecule has 0 spiro atoms. The molecule has 0 N–H and O–H groups in total. The number of carbonyl (C=O) groups excluding carboxylic acids is 1. The molecule has 140 valence electrons. The minimum atomic E-state index is -3.57. The topological polar surface area (TPSA) is 66.9 Å². The van der Waals surface area contributed by atoms with Crippen LogP contribution in [-0.4, -0.2) is 46.2 Å². The number of sulfonamides is 1. The number of rotatable bonds is 7. The van der Waals surface area contributed by atoms with Crippen molar-refractivity contribution < 1.29 is 17.9 Å². The van der Waals surface area contributed by atoms with Gasteiger partial charge in [-0.15, -0.1) is 0 Å². The van der Waals surface area contributed by atoms with E-state index in [-0.39, 0.29) is 12.5 Å². The fourth-order valence-corrected chi connectivity index (χ4v) is 3.30. The molecule has 2 aromatic carbocycles. The Kier molecular flexibility index (Phi) is 6.26. The number of anilines is 1. The Morgan fingerprint density at radius 1 is 1.04 bits per heavy atom. The highest BCUT2D eigenvalue weighted by atomic mass is 32.2. The van der Waals surface area contributed by atoms with Crippen LogP contribution in [0, 0.1) is 6.92 Å². The van der Waals surface area contributed by atoms with Crippen LogP contribution in [0.5, 0.6) is 5.75 Å². The second-order valence-corrected chi connectivity index (χ2v) is 8.11. The minimum Gasteiger partial charge on any atom is -0.497 e. The first-order chi connectivity index (χ1) is 12.2. The highest BCUT2D eigenvalue weighted by Crippen LogP contribution is 2.19. The van der Waals surface area contributed by atoms with Gasteiger partial charge in [-0.3, -0.25) is 9.10 Å². The summed E-state index contributed by atoms with van der Waals surface area (Å²) in [6.07, 6.45) is 1.10. The fourth-order valence-electron chi connectivity index (χ4n) is 2.45. The monoisotopic (exact) mass is 376 g/mol. The Morgan fingerprint density at radius 2 is 1.62 bits per heavy atom. The van der Waals surface area contributed by atoms with Gasteiger partial charge in [-0.1, -0.05) is 29.8 Å². The third-order valence-electron chi connectivity index (χ3n) is 4.01. The van der Waals surface area contributed by atoms with Crippen molar-refractivity contribution >= 4 is 21.6 Å². The standard InChI is InChI=1S/C19H24N2O4S/c1-15-5-9-17(10-6-15)21(26(4,23)24)14-19(22)20(2)13-16-7-11-18(25-3)12-8-16/h5-12H,13-14H2,1-4H3. The molecule has 0 aliphatic carbocycles. The van der Waals surface area contributed by atoms with Crippen LogP contribution >= 0.6 is 0 Å². The number of nitrogens with zero attached hydrogens (tertiary/aromatic N) is 2. The van der Waals surface area contributed by atoms with Crippen molar-refractivity contribution in [2.45, 2.75) is 13.5 Å². The summed E-state index contributed by atoms with van der Waals surface area (Å²) in [5, 5.41) is 0. The molecule has 0 aromatic heterocycles. The molecule has 0 radical (unpaired) electrons.